The third-order valence-corrected chi connectivity index (χ3v) is 3.22. The zero-order valence-corrected chi connectivity index (χ0v) is 11.3. The van der Waals surface area contributed by atoms with Crippen LogP contribution in [0.3, 0.4) is 0 Å². The fourth-order valence-electron chi connectivity index (χ4n) is 2.24. The number of phenolic OH excluding ortho intramolecular Hbond substituents is 1. The van der Waals surface area contributed by atoms with Gasteiger partial charge in [-0.25, -0.2) is 9.97 Å². The average Bonchev–Trinajstić information content (AvgIpc) is 2.52. The number of rotatable bonds is 4. The summed E-state index contributed by atoms with van der Waals surface area (Å²) >= 11 is 0. The first-order valence-electron chi connectivity index (χ1n) is 6.67. The molecule has 5 nitrogen and oxygen atoms in total. The van der Waals surface area contributed by atoms with E-state index in [2.05, 4.69) is 15.3 Å². The molecule has 5 heteroatoms. The van der Waals surface area contributed by atoms with Crippen molar-refractivity contribution < 1.29 is 10.2 Å². The molecule has 3 rings (SSSR count). The Labute approximate surface area is 121 Å². The minimum Gasteiger partial charge on any atom is -0.508 e. The fraction of sp³-hybridized carbons (Fsp3) is 0.125. The number of nitrogens with one attached hydrogen (secondary N) is 1. The van der Waals surface area contributed by atoms with E-state index in [4.69, 9.17) is 5.11 Å². The van der Waals surface area contributed by atoms with E-state index in [1.165, 1.54) is 6.33 Å². The number of aliphatic hydroxyl groups is 1. The minimum absolute atomic E-state index is 0.0394. The lowest BCUT2D eigenvalue weighted by Gasteiger charge is -2.09. The number of phenols is 1. The van der Waals surface area contributed by atoms with Crippen molar-refractivity contribution in [2.45, 2.75) is 0 Å². The van der Waals surface area contributed by atoms with Crippen LogP contribution in [0, 0.1) is 0 Å². The quantitative estimate of drug-likeness (QED) is 0.684. The highest BCUT2D eigenvalue weighted by Gasteiger charge is 2.06. The lowest BCUT2D eigenvalue weighted by Crippen LogP contribution is -2.07. The third kappa shape index (κ3) is 2.78. The van der Waals surface area contributed by atoms with Crippen molar-refractivity contribution >= 4 is 16.7 Å². The highest BCUT2D eigenvalue weighted by Crippen LogP contribution is 2.28. The molecule has 3 N–H and O–H groups in total. The minimum atomic E-state index is 0.0394. The Kier molecular flexibility index (Phi) is 3.66. The van der Waals surface area contributed by atoms with Crippen molar-refractivity contribution in [1.82, 2.24) is 9.97 Å². The highest BCUT2D eigenvalue weighted by atomic mass is 16.3. The molecule has 0 saturated carbocycles. The molecule has 0 aliphatic rings. The van der Waals surface area contributed by atoms with E-state index in [1.807, 2.05) is 24.3 Å². The van der Waals surface area contributed by atoms with Crippen molar-refractivity contribution in [2.24, 2.45) is 0 Å². The highest BCUT2D eigenvalue weighted by molar-refractivity contribution is 5.92. The predicted octanol–water partition coefficient (Wildman–Crippen LogP) is 2.41. The SMILES string of the molecule is OCCNc1ncnc2ccc(-c3cccc(O)c3)cc12. The van der Waals surface area contributed by atoms with Crippen LogP contribution in [0.15, 0.2) is 48.8 Å². The van der Waals surface area contributed by atoms with Gasteiger partial charge in [0.1, 0.15) is 17.9 Å². The maximum atomic E-state index is 9.59. The Morgan fingerprint density at radius 1 is 1.00 bits per heavy atom. The predicted molar refractivity (Wildman–Crippen MR) is 82.2 cm³/mol. The van der Waals surface area contributed by atoms with Crippen LogP contribution in [0.2, 0.25) is 0 Å². The van der Waals surface area contributed by atoms with E-state index in [0.29, 0.717) is 12.4 Å². The van der Waals surface area contributed by atoms with E-state index in [-0.39, 0.29) is 12.4 Å². The van der Waals surface area contributed by atoms with Crippen LogP contribution in [0.4, 0.5) is 5.82 Å². The Hall–Kier alpha value is -2.66. The molecule has 1 heterocycles. The number of aromatic hydroxyl groups is 1. The van der Waals surface area contributed by atoms with Crippen molar-refractivity contribution in [2.75, 3.05) is 18.5 Å². The second kappa shape index (κ2) is 5.76. The molecular weight excluding hydrogens is 266 g/mol. The number of fused-ring (bicyclic) bond motifs is 1. The van der Waals surface area contributed by atoms with Crippen LogP contribution in [0.25, 0.3) is 22.0 Å². The third-order valence-electron chi connectivity index (χ3n) is 3.22. The molecule has 0 radical (unpaired) electrons. The summed E-state index contributed by atoms with van der Waals surface area (Å²) in [5, 5.41) is 22.5. The second-order valence-corrected chi connectivity index (χ2v) is 4.65. The van der Waals surface area contributed by atoms with Crippen LogP contribution >= 0.6 is 0 Å². The maximum Gasteiger partial charge on any atom is 0.137 e. The molecular formula is C16H15N3O2. The molecule has 106 valence electrons. The van der Waals surface area contributed by atoms with Crippen LogP contribution in [0.1, 0.15) is 0 Å². The van der Waals surface area contributed by atoms with Crippen molar-refractivity contribution in [3.63, 3.8) is 0 Å². The molecule has 0 unspecified atom stereocenters. The molecule has 2 aromatic carbocycles. The lowest BCUT2D eigenvalue weighted by atomic mass is 10.0. The Balaban J connectivity index is 2.09. The number of nitrogens with zero attached hydrogens (tertiary/aromatic N) is 2. The summed E-state index contributed by atoms with van der Waals surface area (Å²) in [5.74, 6) is 0.923. The zero-order valence-electron chi connectivity index (χ0n) is 11.3. The first kappa shape index (κ1) is 13.3. The van der Waals surface area contributed by atoms with Gasteiger partial charge in [-0.2, -0.15) is 0 Å². The maximum absolute atomic E-state index is 9.59. The van der Waals surface area contributed by atoms with Gasteiger partial charge in [-0.15, -0.1) is 0 Å². The molecule has 0 saturated heterocycles. The molecule has 0 fully saturated rings. The van der Waals surface area contributed by atoms with Gasteiger partial charge in [0.25, 0.3) is 0 Å². The summed E-state index contributed by atoms with van der Waals surface area (Å²) in [6, 6.07) is 12.9. The summed E-state index contributed by atoms with van der Waals surface area (Å²) in [6.45, 7) is 0.472. The molecule has 0 atom stereocenters. The van der Waals surface area contributed by atoms with Gasteiger partial charge in [-0.1, -0.05) is 18.2 Å². The number of aromatic nitrogens is 2. The van der Waals surface area contributed by atoms with Crippen LogP contribution in [-0.2, 0) is 0 Å². The van der Waals surface area contributed by atoms with Gasteiger partial charge in [0, 0.05) is 11.9 Å². The fourth-order valence-corrected chi connectivity index (χ4v) is 2.24. The van der Waals surface area contributed by atoms with Gasteiger partial charge < -0.3 is 15.5 Å². The van der Waals surface area contributed by atoms with Gasteiger partial charge in [-0.05, 0) is 35.4 Å². The number of anilines is 1. The van der Waals surface area contributed by atoms with E-state index >= 15 is 0 Å². The molecule has 0 aliphatic heterocycles. The van der Waals surface area contributed by atoms with Crippen molar-refractivity contribution in [1.29, 1.82) is 0 Å². The van der Waals surface area contributed by atoms with Gasteiger partial charge in [0.2, 0.25) is 0 Å². The summed E-state index contributed by atoms with van der Waals surface area (Å²) < 4.78 is 0. The van der Waals surface area contributed by atoms with Gasteiger partial charge in [-0.3, -0.25) is 0 Å². The van der Waals surface area contributed by atoms with Gasteiger partial charge >= 0.3 is 0 Å². The first-order chi connectivity index (χ1) is 10.3. The number of hydrogen-bond acceptors (Lipinski definition) is 5. The molecule has 3 aromatic rings. The van der Waals surface area contributed by atoms with Gasteiger partial charge in [0.15, 0.2) is 0 Å². The number of hydrogen-bond donors (Lipinski definition) is 3. The van der Waals surface area contributed by atoms with Crippen LogP contribution in [0.5, 0.6) is 5.75 Å². The van der Waals surface area contributed by atoms with Crippen LogP contribution in [-0.4, -0.2) is 33.3 Å². The number of benzene rings is 2. The zero-order chi connectivity index (χ0) is 14.7. The monoisotopic (exact) mass is 281 g/mol. The second-order valence-electron chi connectivity index (χ2n) is 4.65. The molecule has 21 heavy (non-hydrogen) atoms. The number of aliphatic hydroxyl groups excluding tert-OH is 1. The van der Waals surface area contributed by atoms with Crippen molar-refractivity contribution in [3.8, 4) is 16.9 Å². The molecule has 0 bridgehead atoms. The summed E-state index contributed by atoms with van der Waals surface area (Å²) in [6.07, 6.45) is 1.50. The smallest absolute Gasteiger partial charge is 0.137 e. The van der Waals surface area contributed by atoms with Crippen LogP contribution < -0.4 is 5.32 Å². The Morgan fingerprint density at radius 3 is 2.67 bits per heavy atom. The molecule has 0 aliphatic carbocycles. The Morgan fingerprint density at radius 2 is 1.86 bits per heavy atom. The van der Waals surface area contributed by atoms with Crippen molar-refractivity contribution in [3.05, 3.63) is 48.8 Å². The topological polar surface area (TPSA) is 78.3 Å². The molecule has 0 spiro atoms. The largest absolute Gasteiger partial charge is 0.508 e. The van der Waals surface area contributed by atoms with E-state index in [9.17, 15) is 5.11 Å². The summed E-state index contributed by atoms with van der Waals surface area (Å²) in [7, 11) is 0. The molecule has 0 amide bonds. The molecule has 1 aromatic heterocycles. The standard InChI is InChI=1S/C16H15N3O2/c20-7-6-17-16-14-9-12(4-5-15(14)18-10-19-16)11-2-1-3-13(21)8-11/h1-5,8-10,20-21H,6-7H2,(H,17,18,19). The Bertz CT molecular complexity index is 774. The van der Waals surface area contributed by atoms with Gasteiger partial charge in [0.05, 0.1) is 12.1 Å². The summed E-state index contributed by atoms with van der Waals surface area (Å²) in [4.78, 5) is 8.45. The normalized spacial score (nSPS) is 10.7. The average molecular weight is 281 g/mol. The summed E-state index contributed by atoms with van der Waals surface area (Å²) in [5.41, 5.74) is 2.73. The lowest BCUT2D eigenvalue weighted by molar-refractivity contribution is 0.311. The van der Waals surface area contributed by atoms with E-state index in [1.54, 1.807) is 18.2 Å². The van der Waals surface area contributed by atoms with E-state index in [0.717, 1.165) is 22.0 Å². The van der Waals surface area contributed by atoms with E-state index < -0.39 is 0 Å². The first-order valence-corrected chi connectivity index (χ1v) is 6.67.